The number of ether oxygens (including phenoxy) is 1. The first kappa shape index (κ1) is 17.3. The van der Waals surface area contributed by atoms with Crippen molar-refractivity contribution < 1.29 is 9.53 Å². The quantitative estimate of drug-likeness (QED) is 0.910. The van der Waals surface area contributed by atoms with Crippen LogP contribution in [-0.4, -0.2) is 50.6 Å². The predicted octanol–water partition coefficient (Wildman–Crippen LogP) is 2.76. The van der Waals surface area contributed by atoms with Crippen LogP contribution in [0.25, 0.3) is 0 Å². The normalized spacial score (nSPS) is 15.0. The van der Waals surface area contributed by atoms with E-state index >= 15 is 0 Å². The summed E-state index contributed by atoms with van der Waals surface area (Å²) in [5.41, 5.74) is 3.10. The molecule has 5 nitrogen and oxygen atoms in total. The van der Waals surface area contributed by atoms with Gasteiger partial charge in [0.15, 0.2) is 6.61 Å². The molecule has 1 aliphatic rings. The molecule has 1 amide bonds. The van der Waals surface area contributed by atoms with Gasteiger partial charge in [-0.3, -0.25) is 4.79 Å². The Kier molecular flexibility index (Phi) is 5.56. The van der Waals surface area contributed by atoms with Crippen LogP contribution in [0.5, 0.6) is 5.75 Å². The van der Waals surface area contributed by atoms with E-state index in [9.17, 15) is 4.79 Å². The summed E-state index contributed by atoms with van der Waals surface area (Å²) in [6.07, 6.45) is 0. The van der Waals surface area contributed by atoms with E-state index in [-0.39, 0.29) is 12.5 Å². The smallest absolute Gasteiger partial charge is 0.262 e. The van der Waals surface area contributed by atoms with E-state index in [2.05, 4.69) is 34.3 Å². The first-order chi connectivity index (χ1) is 12.1. The van der Waals surface area contributed by atoms with Gasteiger partial charge in [-0.15, -0.1) is 0 Å². The van der Waals surface area contributed by atoms with Crippen molar-refractivity contribution in [2.75, 3.05) is 50.1 Å². The second-order valence-corrected chi connectivity index (χ2v) is 6.44. The maximum absolute atomic E-state index is 12.1. The first-order valence-electron chi connectivity index (χ1n) is 8.63. The molecule has 1 N–H and O–H groups in total. The van der Waals surface area contributed by atoms with Gasteiger partial charge in [-0.05, 0) is 49.9 Å². The number of nitrogens with one attached hydrogen (secondary N) is 1. The molecule has 2 aromatic carbocycles. The first-order valence-corrected chi connectivity index (χ1v) is 8.63. The number of amides is 1. The summed E-state index contributed by atoms with van der Waals surface area (Å²) < 4.78 is 5.48. The van der Waals surface area contributed by atoms with Crippen LogP contribution in [-0.2, 0) is 4.79 Å². The standard InChI is InChI=1S/C20H25N3O2/c1-16-14-17(23-12-10-22(2)11-13-23)8-9-19(16)21-20(24)15-25-18-6-4-3-5-7-18/h3-9,14H,10-13,15H2,1-2H3,(H,21,24). The van der Waals surface area contributed by atoms with Crippen molar-refractivity contribution in [3.05, 3.63) is 54.1 Å². The summed E-state index contributed by atoms with van der Waals surface area (Å²) in [6.45, 7) is 6.25. The van der Waals surface area contributed by atoms with Gasteiger partial charge in [0.1, 0.15) is 5.75 Å². The number of likely N-dealkylation sites (N-methyl/N-ethyl adjacent to an activating group) is 1. The topological polar surface area (TPSA) is 44.8 Å². The molecule has 0 spiro atoms. The zero-order valence-electron chi connectivity index (χ0n) is 14.9. The van der Waals surface area contributed by atoms with Crippen LogP contribution in [0.15, 0.2) is 48.5 Å². The van der Waals surface area contributed by atoms with E-state index in [4.69, 9.17) is 4.74 Å². The number of rotatable bonds is 5. The van der Waals surface area contributed by atoms with Gasteiger partial charge in [0.25, 0.3) is 5.91 Å². The lowest BCUT2D eigenvalue weighted by atomic mass is 10.1. The number of carbonyl (C=O) groups excluding carboxylic acids is 1. The minimum atomic E-state index is -0.153. The molecule has 1 aliphatic heterocycles. The van der Waals surface area contributed by atoms with E-state index in [1.165, 1.54) is 5.69 Å². The van der Waals surface area contributed by atoms with Crippen molar-refractivity contribution in [3.8, 4) is 5.75 Å². The van der Waals surface area contributed by atoms with Gasteiger partial charge < -0.3 is 19.9 Å². The monoisotopic (exact) mass is 339 g/mol. The van der Waals surface area contributed by atoms with Gasteiger partial charge in [0, 0.05) is 37.6 Å². The minimum Gasteiger partial charge on any atom is -0.484 e. The van der Waals surface area contributed by atoms with Crippen LogP contribution in [0.2, 0.25) is 0 Å². The number of anilines is 2. The Labute approximate surface area is 149 Å². The van der Waals surface area contributed by atoms with Crippen LogP contribution >= 0.6 is 0 Å². The van der Waals surface area contributed by atoms with Crippen LogP contribution < -0.4 is 15.0 Å². The lowest BCUT2D eigenvalue weighted by Gasteiger charge is -2.34. The number of carbonyl (C=O) groups is 1. The maximum atomic E-state index is 12.1. The van der Waals surface area contributed by atoms with E-state index in [1.54, 1.807) is 0 Å². The van der Waals surface area contributed by atoms with Gasteiger partial charge in [-0.1, -0.05) is 18.2 Å². The molecule has 0 unspecified atom stereocenters. The Morgan fingerprint density at radius 1 is 1.08 bits per heavy atom. The van der Waals surface area contributed by atoms with E-state index < -0.39 is 0 Å². The highest BCUT2D eigenvalue weighted by Crippen LogP contribution is 2.23. The molecule has 0 aromatic heterocycles. The van der Waals surface area contributed by atoms with E-state index in [1.807, 2.05) is 43.3 Å². The second-order valence-electron chi connectivity index (χ2n) is 6.44. The van der Waals surface area contributed by atoms with Gasteiger partial charge in [0.05, 0.1) is 0 Å². The molecule has 2 aromatic rings. The van der Waals surface area contributed by atoms with Crippen LogP contribution in [0.4, 0.5) is 11.4 Å². The van der Waals surface area contributed by atoms with Gasteiger partial charge in [-0.2, -0.15) is 0 Å². The molecule has 0 aliphatic carbocycles. The summed E-state index contributed by atoms with van der Waals surface area (Å²) in [5, 5.41) is 2.93. The highest BCUT2D eigenvalue weighted by atomic mass is 16.5. The highest BCUT2D eigenvalue weighted by molar-refractivity contribution is 5.92. The van der Waals surface area contributed by atoms with Crippen LogP contribution in [0.1, 0.15) is 5.56 Å². The number of hydrogen-bond donors (Lipinski definition) is 1. The number of hydrogen-bond acceptors (Lipinski definition) is 4. The van der Waals surface area contributed by atoms with Gasteiger partial charge in [-0.25, -0.2) is 0 Å². The van der Waals surface area contributed by atoms with E-state index in [0.29, 0.717) is 5.75 Å². The van der Waals surface area contributed by atoms with E-state index in [0.717, 1.165) is 37.4 Å². The molecule has 25 heavy (non-hydrogen) atoms. The SMILES string of the molecule is Cc1cc(N2CCN(C)CC2)ccc1NC(=O)COc1ccccc1. The molecule has 132 valence electrons. The Balaban J connectivity index is 1.56. The number of nitrogens with zero attached hydrogens (tertiary/aromatic N) is 2. The third kappa shape index (κ3) is 4.73. The van der Waals surface area contributed by atoms with Crippen molar-refractivity contribution >= 4 is 17.3 Å². The summed E-state index contributed by atoms with van der Waals surface area (Å²) in [7, 11) is 2.15. The average Bonchev–Trinajstić information content (AvgIpc) is 2.63. The molecule has 0 saturated carbocycles. The van der Waals surface area contributed by atoms with Gasteiger partial charge in [0.2, 0.25) is 0 Å². The molecule has 0 bridgehead atoms. The largest absolute Gasteiger partial charge is 0.484 e. The van der Waals surface area contributed by atoms with Crippen molar-refractivity contribution in [1.82, 2.24) is 4.90 Å². The molecule has 0 radical (unpaired) electrons. The number of piperazine rings is 1. The minimum absolute atomic E-state index is 0.00364. The Bertz CT molecular complexity index is 710. The lowest BCUT2D eigenvalue weighted by Crippen LogP contribution is -2.44. The zero-order valence-corrected chi connectivity index (χ0v) is 14.9. The van der Waals surface area contributed by atoms with Gasteiger partial charge >= 0.3 is 0 Å². The number of para-hydroxylation sites is 1. The summed E-state index contributed by atoms with van der Waals surface area (Å²) in [5.74, 6) is 0.541. The molecule has 1 saturated heterocycles. The molecular weight excluding hydrogens is 314 g/mol. The fourth-order valence-electron chi connectivity index (χ4n) is 2.90. The Hall–Kier alpha value is -2.53. The predicted molar refractivity (Wildman–Crippen MR) is 101 cm³/mol. The third-order valence-electron chi connectivity index (χ3n) is 4.47. The summed E-state index contributed by atoms with van der Waals surface area (Å²) in [6, 6.07) is 15.5. The third-order valence-corrected chi connectivity index (χ3v) is 4.47. The number of benzene rings is 2. The fraction of sp³-hybridized carbons (Fsp3) is 0.350. The summed E-state index contributed by atoms with van der Waals surface area (Å²) in [4.78, 5) is 16.8. The Morgan fingerprint density at radius 3 is 2.48 bits per heavy atom. The fourth-order valence-corrected chi connectivity index (χ4v) is 2.90. The summed E-state index contributed by atoms with van der Waals surface area (Å²) >= 11 is 0. The highest BCUT2D eigenvalue weighted by Gasteiger charge is 2.15. The molecule has 0 atom stereocenters. The molecular formula is C20H25N3O2. The van der Waals surface area contributed by atoms with Crippen molar-refractivity contribution in [1.29, 1.82) is 0 Å². The molecule has 1 heterocycles. The maximum Gasteiger partial charge on any atom is 0.262 e. The molecule has 5 heteroatoms. The molecule has 3 rings (SSSR count). The van der Waals surface area contributed by atoms with Crippen molar-refractivity contribution in [3.63, 3.8) is 0 Å². The zero-order chi connectivity index (χ0) is 17.6. The second kappa shape index (κ2) is 8.03. The number of aryl methyl sites for hydroxylation is 1. The Morgan fingerprint density at radius 2 is 1.80 bits per heavy atom. The molecule has 1 fully saturated rings. The van der Waals surface area contributed by atoms with Crippen molar-refractivity contribution in [2.24, 2.45) is 0 Å². The van der Waals surface area contributed by atoms with Crippen molar-refractivity contribution in [2.45, 2.75) is 6.92 Å². The average molecular weight is 339 g/mol. The van der Waals surface area contributed by atoms with Crippen LogP contribution in [0, 0.1) is 6.92 Å². The lowest BCUT2D eigenvalue weighted by molar-refractivity contribution is -0.118. The van der Waals surface area contributed by atoms with Crippen LogP contribution in [0.3, 0.4) is 0 Å².